The van der Waals surface area contributed by atoms with Gasteiger partial charge in [0, 0.05) is 23.5 Å². The molecule has 1 heterocycles. The number of aliphatic carboxylic acids is 1. The fourth-order valence-corrected chi connectivity index (χ4v) is 3.71. The summed E-state index contributed by atoms with van der Waals surface area (Å²) >= 11 is 0. The number of carboxylic acids is 1. The molecule has 0 aliphatic carbocycles. The topological polar surface area (TPSA) is 72.3 Å². The van der Waals surface area contributed by atoms with Crippen LogP contribution < -0.4 is 4.74 Å². The van der Waals surface area contributed by atoms with Crippen LogP contribution >= 0.6 is 0 Å². The van der Waals surface area contributed by atoms with Crippen molar-refractivity contribution in [3.05, 3.63) is 66.5 Å². The Kier molecular flexibility index (Phi) is 9.43. The smallest absolute Gasteiger partial charge is 0.344 e. The van der Waals surface area contributed by atoms with E-state index < -0.39 is 12.1 Å². The molecule has 5 heteroatoms. The Morgan fingerprint density at radius 1 is 0.818 bits per heavy atom. The molecule has 0 radical (unpaired) electrons. The highest BCUT2D eigenvalue weighted by molar-refractivity contribution is 5.72. The second-order valence-electron chi connectivity index (χ2n) is 8.49. The second-order valence-corrected chi connectivity index (χ2v) is 8.49. The van der Waals surface area contributed by atoms with E-state index in [4.69, 9.17) is 9.84 Å². The molecule has 0 aliphatic rings. The number of rotatable bonds is 13. The summed E-state index contributed by atoms with van der Waals surface area (Å²) in [6, 6.07) is 15.8. The number of benzene rings is 2. The minimum absolute atomic E-state index is 0.516. The summed E-state index contributed by atoms with van der Waals surface area (Å²) in [5.74, 6) is 0.230. The van der Waals surface area contributed by atoms with Crippen molar-refractivity contribution < 1.29 is 14.6 Å². The summed E-state index contributed by atoms with van der Waals surface area (Å²) in [5, 5.41) is 8.95. The molecule has 0 fully saturated rings. The highest BCUT2D eigenvalue weighted by Gasteiger charge is 2.12. The second kappa shape index (κ2) is 12.7. The van der Waals surface area contributed by atoms with E-state index in [0.717, 1.165) is 23.1 Å². The van der Waals surface area contributed by atoms with Crippen LogP contribution in [0.3, 0.4) is 0 Å². The Morgan fingerprint density at radius 3 is 2.00 bits per heavy atom. The first-order valence-electron chi connectivity index (χ1n) is 12.0. The highest BCUT2D eigenvalue weighted by atomic mass is 16.5. The van der Waals surface area contributed by atoms with E-state index >= 15 is 0 Å². The van der Waals surface area contributed by atoms with Gasteiger partial charge in [0.25, 0.3) is 0 Å². The van der Waals surface area contributed by atoms with Crippen LogP contribution in [0.5, 0.6) is 5.75 Å². The van der Waals surface area contributed by atoms with Crippen molar-refractivity contribution >= 4 is 5.97 Å². The first-order valence-corrected chi connectivity index (χ1v) is 12.0. The SMILES string of the molecule is CCCCCCCCCc1ccc(-c2ncc(-c3ccc(OC(C)C(=O)O)cc3)cn2)cc1. The lowest BCUT2D eigenvalue weighted by Gasteiger charge is -2.10. The minimum Gasteiger partial charge on any atom is -0.479 e. The summed E-state index contributed by atoms with van der Waals surface area (Å²) in [6.07, 6.45) is 13.1. The van der Waals surface area contributed by atoms with Crippen LogP contribution in [0.4, 0.5) is 0 Å². The van der Waals surface area contributed by atoms with Gasteiger partial charge in [-0.15, -0.1) is 0 Å². The lowest BCUT2D eigenvalue weighted by molar-refractivity contribution is -0.144. The number of hydrogen-bond donors (Lipinski definition) is 1. The van der Waals surface area contributed by atoms with Crippen molar-refractivity contribution in [2.45, 2.75) is 71.3 Å². The van der Waals surface area contributed by atoms with Crippen molar-refractivity contribution in [3.8, 4) is 28.3 Å². The molecule has 33 heavy (non-hydrogen) atoms. The van der Waals surface area contributed by atoms with Crippen molar-refractivity contribution in [2.75, 3.05) is 0 Å². The molecule has 1 aromatic heterocycles. The maximum absolute atomic E-state index is 10.9. The summed E-state index contributed by atoms with van der Waals surface area (Å²) in [4.78, 5) is 20.0. The van der Waals surface area contributed by atoms with Crippen LogP contribution in [0.2, 0.25) is 0 Å². The van der Waals surface area contributed by atoms with Gasteiger partial charge in [0.15, 0.2) is 11.9 Å². The van der Waals surface area contributed by atoms with E-state index in [1.165, 1.54) is 57.4 Å². The molecule has 0 amide bonds. The largest absolute Gasteiger partial charge is 0.479 e. The summed E-state index contributed by atoms with van der Waals surface area (Å²) in [7, 11) is 0. The number of aryl methyl sites for hydroxylation is 1. The zero-order valence-electron chi connectivity index (χ0n) is 19.7. The van der Waals surface area contributed by atoms with Crippen molar-refractivity contribution in [3.63, 3.8) is 0 Å². The Morgan fingerprint density at radius 2 is 1.39 bits per heavy atom. The molecular weight excluding hydrogens is 412 g/mol. The lowest BCUT2D eigenvalue weighted by atomic mass is 10.0. The summed E-state index contributed by atoms with van der Waals surface area (Å²) in [6.45, 7) is 3.76. The average molecular weight is 447 g/mol. The number of ether oxygens (including phenoxy) is 1. The van der Waals surface area contributed by atoms with Crippen LogP contribution in [0.25, 0.3) is 22.5 Å². The molecule has 2 aromatic carbocycles. The van der Waals surface area contributed by atoms with Crippen LogP contribution in [0.15, 0.2) is 60.9 Å². The number of carboxylic acid groups (broad SMARTS) is 1. The van der Waals surface area contributed by atoms with Crippen molar-refractivity contribution in [2.24, 2.45) is 0 Å². The Hall–Kier alpha value is -3.21. The van der Waals surface area contributed by atoms with E-state index in [1.54, 1.807) is 12.1 Å². The van der Waals surface area contributed by atoms with Gasteiger partial charge in [-0.3, -0.25) is 0 Å². The quantitative estimate of drug-likeness (QED) is 0.287. The first kappa shape index (κ1) is 24.4. The Balaban J connectivity index is 1.52. The zero-order chi connectivity index (χ0) is 23.5. The molecule has 1 atom stereocenters. The van der Waals surface area contributed by atoms with Gasteiger partial charge in [0.05, 0.1) is 0 Å². The van der Waals surface area contributed by atoms with E-state index in [1.807, 2.05) is 24.5 Å². The maximum Gasteiger partial charge on any atom is 0.344 e. The summed E-state index contributed by atoms with van der Waals surface area (Å²) < 4.78 is 5.37. The average Bonchev–Trinajstić information content (AvgIpc) is 2.84. The third-order valence-corrected chi connectivity index (χ3v) is 5.78. The number of unbranched alkanes of at least 4 members (excludes halogenated alkanes) is 6. The number of hydrogen-bond acceptors (Lipinski definition) is 4. The number of carbonyl (C=O) groups is 1. The fourth-order valence-electron chi connectivity index (χ4n) is 3.71. The number of nitrogens with zero attached hydrogens (tertiary/aromatic N) is 2. The molecule has 0 saturated heterocycles. The van der Waals surface area contributed by atoms with Gasteiger partial charge in [-0.1, -0.05) is 81.8 Å². The molecule has 1 N–H and O–H groups in total. The Labute approximate surface area is 196 Å². The van der Waals surface area contributed by atoms with Gasteiger partial charge >= 0.3 is 5.97 Å². The van der Waals surface area contributed by atoms with Gasteiger partial charge in [-0.2, -0.15) is 0 Å². The van der Waals surface area contributed by atoms with E-state index in [2.05, 4.69) is 41.2 Å². The lowest BCUT2D eigenvalue weighted by Crippen LogP contribution is -2.22. The van der Waals surface area contributed by atoms with Crippen LogP contribution in [-0.4, -0.2) is 27.1 Å². The molecule has 0 spiro atoms. The first-order chi connectivity index (χ1) is 16.1. The van der Waals surface area contributed by atoms with Crippen LogP contribution in [-0.2, 0) is 11.2 Å². The molecule has 0 aliphatic heterocycles. The molecular formula is C28H34N2O3. The van der Waals surface area contributed by atoms with Gasteiger partial charge < -0.3 is 9.84 Å². The fraction of sp³-hybridized carbons (Fsp3) is 0.393. The molecule has 3 aromatic rings. The highest BCUT2D eigenvalue weighted by Crippen LogP contribution is 2.24. The Bertz CT molecular complexity index is 983. The monoisotopic (exact) mass is 446 g/mol. The minimum atomic E-state index is -0.992. The van der Waals surface area contributed by atoms with Crippen molar-refractivity contribution in [1.82, 2.24) is 9.97 Å². The van der Waals surface area contributed by atoms with Crippen LogP contribution in [0, 0.1) is 0 Å². The standard InChI is InChI=1S/C28H34N2O3/c1-3-4-5-6-7-8-9-10-22-11-13-24(14-12-22)27-29-19-25(20-30-27)23-15-17-26(18-16-23)33-21(2)28(31)32/h11-21H,3-10H2,1-2H3,(H,31,32). The van der Waals surface area contributed by atoms with Gasteiger partial charge in [-0.05, 0) is 43.0 Å². The van der Waals surface area contributed by atoms with E-state index in [9.17, 15) is 4.79 Å². The molecule has 1 unspecified atom stereocenters. The van der Waals surface area contributed by atoms with E-state index in [0.29, 0.717) is 11.6 Å². The predicted molar refractivity (Wildman–Crippen MR) is 132 cm³/mol. The maximum atomic E-state index is 10.9. The molecule has 0 bridgehead atoms. The third-order valence-electron chi connectivity index (χ3n) is 5.78. The normalized spacial score (nSPS) is 11.8. The zero-order valence-corrected chi connectivity index (χ0v) is 19.7. The summed E-state index contributed by atoms with van der Waals surface area (Å²) in [5.41, 5.74) is 4.22. The van der Waals surface area contributed by atoms with E-state index in [-0.39, 0.29) is 0 Å². The molecule has 5 nitrogen and oxygen atoms in total. The predicted octanol–water partition coefficient (Wildman–Crippen LogP) is 6.96. The molecule has 174 valence electrons. The molecule has 0 saturated carbocycles. The van der Waals surface area contributed by atoms with Crippen LogP contribution in [0.1, 0.15) is 64.4 Å². The molecule has 3 rings (SSSR count). The van der Waals surface area contributed by atoms with Gasteiger partial charge in [0.2, 0.25) is 0 Å². The van der Waals surface area contributed by atoms with Gasteiger partial charge in [-0.25, -0.2) is 14.8 Å². The van der Waals surface area contributed by atoms with Gasteiger partial charge in [0.1, 0.15) is 5.75 Å². The third kappa shape index (κ3) is 7.70. The van der Waals surface area contributed by atoms with Crippen molar-refractivity contribution in [1.29, 1.82) is 0 Å². The number of aromatic nitrogens is 2.